The zero-order valence-electron chi connectivity index (χ0n) is 12.3. The number of nitrogens with zero attached hydrogens (tertiary/aromatic N) is 3. The zero-order chi connectivity index (χ0) is 15.3. The van der Waals surface area contributed by atoms with E-state index in [1.807, 2.05) is 6.07 Å². The number of pyridine rings is 1. The van der Waals surface area contributed by atoms with Crippen LogP contribution in [0.4, 0.5) is 5.82 Å². The Morgan fingerprint density at radius 1 is 1.45 bits per heavy atom. The lowest BCUT2D eigenvalue weighted by Gasteiger charge is -2.21. The molecule has 2 aromatic rings. The fourth-order valence-corrected chi connectivity index (χ4v) is 4.51. The maximum atomic E-state index is 8.96. The molecule has 0 amide bonds. The first-order chi connectivity index (χ1) is 10.7. The Morgan fingerprint density at radius 3 is 3.14 bits per heavy atom. The first-order valence-corrected chi connectivity index (χ1v) is 8.38. The Morgan fingerprint density at radius 2 is 2.32 bits per heavy atom. The van der Waals surface area contributed by atoms with E-state index in [-0.39, 0.29) is 0 Å². The van der Waals surface area contributed by atoms with Crippen molar-refractivity contribution in [1.29, 1.82) is 5.26 Å². The van der Waals surface area contributed by atoms with Crippen LogP contribution in [0.15, 0.2) is 21.2 Å². The van der Waals surface area contributed by atoms with Gasteiger partial charge in [0.25, 0.3) is 0 Å². The van der Waals surface area contributed by atoms with Crippen LogP contribution in [0.1, 0.15) is 18.6 Å². The van der Waals surface area contributed by atoms with Gasteiger partial charge in [0.05, 0.1) is 10.7 Å². The summed E-state index contributed by atoms with van der Waals surface area (Å²) in [6.07, 6.45) is 4.18. The van der Waals surface area contributed by atoms with E-state index >= 15 is 0 Å². The number of halogens is 1. The minimum absolute atomic E-state index is 0.313. The molecule has 0 bridgehead atoms. The van der Waals surface area contributed by atoms with Gasteiger partial charge >= 0.3 is 0 Å². The van der Waals surface area contributed by atoms with Gasteiger partial charge in [0.2, 0.25) is 5.76 Å². The molecule has 0 aromatic carbocycles. The molecule has 2 fully saturated rings. The highest BCUT2D eigenvalue weighted by atomic mass is 79.9. The van der Waals surface area contributed by atoms with Gasteiger partial charge in [-0.25, -0.2) is 4.98 Å². The van der Waals surface area contributed by atoms with E-state index in [4.69, 9.17) is 9.68 Å². The highest BCUT2D eigenvalue weighted by Crippen LogP contribution is 2.40. The summed E-state index contributed by atoms with van der Waals surface area (Å²) < 4.78 is 6.30. The van der Waals surface area contributed by atoms with Crippen molar-refractivity contribution in [3.8, 4) is 6.07 Å². The van der Waals surface area contributed by atoms with Crippen molar-refractivity contribution in [1.82, 2.24) is 9.88 Å². The molecule has 1 aliphatic carbocycles. The Bertz CT molecular complexity index is 765. The standard InChI is InChI=1S/C16H17BrN4O/c1-21-7-9-2-3-13(12(9)8-21)20-16-15(17)11-4-10(5-18)22-14(11)6-19-16/h4,6,9,12-13H,2-3,7-8H2,1H3,(H,19,20)/t9-,12+,13-/m1/s1. The van der Waals surface area contributed by atoms with Gasteiger partial charge < -0.3 is 14.6 Å². The highest BCUT2D eigenvalue weighted by Gasteiger charge is 2.41. The normalized spacial score (nSPS) is 28.0. The molecule has 1 N–H and O–H groups in total. The van der Waals surface area contributed by atoms with Crippen LogP contribution >= 0.6 is 15.9 Å². The van der Waals surface area contributed by atoms with Gasteiger partial charge in [-0.15, -0.1) is 0 Å². The number of likely N-dealkylation sites (tertiary alicyclic amines) is 1. The molecular formula is C16H17BrN4O. The average Bonchev–Trinajstić information content (AvgIpc) is 3.17. The number of anilines is 1. The third kappa shape index (κ3) is 2.20. The van der Waals surface area contributed by atoms with Crippen LogP contribution in [-0.2, 0) is 0 Å². The van der Waals surface area contributed by atoms with E-state index < -0.39 is 0 Å². The predicted octanol–water partition coefficient (Wildman–Crippen LogP) is 3.21. The maximum absolute atomic E-state index is 8.96. The molecule has 4 rings (SSSR count). The van der Waals surface area contributed by atoms with E-state index in [0.717, 1.165) is 28.1 Å². The summed E-state index contributed by atoms with van der Waals surface area (Å²) in [7, 11) is 2.20. The number of nitrogens with one attached hydrogen (secondary N) is 1. The average molecular weight is 361 g/mol. The third-order valence-electron chi connectivity index (χ3n) is 4.99. The summed E-state index contributed by atoms with van der Waals surface area (Å²) in [6, 6.07) is 4.26. The van der Waals surface area contributed by atoms with Crippen molar-refractivity contribution >= 4 is 32.7 Å². The zero-order valence-corrected chi connectivity index (χ0v) is 13.9. The molecule has 0 spiro atoms. The van der Waals surface area contributed by atoms with E-state index in [2.05, 4.69) is 38.2 Å². The van der Waals surface area contributed by atoms with Crippen molar-refractivity contribution in [2.45, 2.75) is 18.9 Å². The molecule has 1 saturated carbocycles. The smallest absolute Gasteiger partial charge is 0.204 e. The van der Waals surface area contributed by atoms with E-state index in [9.17, 15) is 0 Å². The van der Waals surface area contributed by atoms with Gasteiger partial charge in [-0.3, -0.25) is 0 Å². The summed E-state index contributed by atoms with van der Waals surface area (Å²) in [5, 5.41) is 13.5. The van der Waals surface area contributed by atoms with Crippen molar-refractivity contribution in [2.24, 2.45) is 11.8 Å². The second-order valence-corrected chi connectivity index (χ2v) is 7.19. The number of hydrogen-bond acceptors (Lipinski definition) is 5. The maximum Gasteiger partial charge on any atom is 0.204 e. The van der Waals surface area contributed by atoms with Crippen LogP contribution in [0, 0.1) is 23.2 Å². The van der Waals surface area contributed by atoms with Crippen molar-refractivity contribution in [3.05, 3.63) is 22.5 Å². The SMILES string of the molecule is CN1C[C@H]2CC[C@@H](Nc3ncc4oc(C#N)cc4c3Br)[C@H]2C1. The Hall–Kier alpha value is -1.58. The lowest BCUT2D eigenvalue weighted by molar-refractivity contribution is 0.373. The van der Waals surface area contributed by atoms with Crippen LogP contribution in [0.3, 0.4) is 0 Å². The molecule has 3 atom stereocenters. The van der Waals surface area contributed by atoms with Crippen molar-refractivity contribution in [3.63, 3.8) is 0 Å². The predicted molar refractivity (Wildman–Crippen MR) is 87.5 cm³/mol. The van der Waals surface area contributed by atoms with Gasteiger partial charge in [0.1, 0.15) is 11.9 Å². The molecule has 1 aliphatic heterocycles. The quantitative estimate of drug-likeness (QED) is 0.890. The summed E-state index contributed by atoms with van der Waals surface area (Å²) in [4.78, 5) is 6.90. The number of aromatic nitrogens is 1. The van der Waals surface area contributed by atoms with Crippen LogP contribution in [-0.4, -0.2) is 36.1 Å². The van der Waals surface area contributed by atoms with Crippen LogP contribution in [0.5, 0.6) is 0 Å². The number of furan rings is 1. The number of hydrogen-bond donors (Lipinski definition) is 1. The van der Waals surface area contributed by atoms with Gasteiger partial charge in [-0.05, 0) is 47.7 Å². The Balaban J connectivity index is 1.62. The number of rotatable bonds is 2. The molecule has 0 unspecified atom stereocenters. The second-order valence-electron chi connectivity index (χ2n) is 6.39. The Kier molecular flexibility index (Phi) is 3.35. The van der Waals surface area contributed by atoms with Crippen LogP contribution in [0.25, 0.3) is 11.0 Å². The summed E-state index contributed by atoms with van der Waals surface area (Å²) >= 11 is 3.61. The van der Waals surface area contributed by atoms with Crippen molar-refractivity contribution < 1.29 is 4.42 Å². The number of nitriles is 1. The number of fused-ring (bicyclic) bond motifs is 2. The molecule has 1 saturated heterocycles. The highest BCUT2D eigenvalue weighted by molar-refractivity contribution is 9.10. The molecule has 0 radical (unpaired) electrons. The van der Waals surface area contributed by atoms with E-state index in [1.165, 1.54) is 19.4 Å². The molecule has 5 nitrogen and oxygen atoms in total. The minimum atomic E-state index is 0.313. The lowest BCUT2D eigenvalue weighted by atomic mass is 9.98. The second kappa shape index (κ2) is 5.25. The summed E-state index contributed by atoms with van der Waals surface area (Å²) in [6.45, 7) is 2.37. The monoisotopic (exact) mass is 360 g/mol. The third-order valence-corrected chi connectivity index (χ3v) is 5.79. The minimum Gasteiger partial charge on any atom is -0.444 e. The van der Waals surface area contributed by atoms with Gasteiger partial charge in [0.15, 0.2) is 5.58 Å². The van der Waals surface area contributed by atoms with Crippen molar-refractivity contribution in [2.75, 3.05) is 25.5 Å². The fraction of sp³-hybridized carbons (Fsp3) is 0.500. The summed E-state index contributed by atoms with van der Waals surface area (Å²) in [5.74, 6) is 2.67. The molecule has 2 aromatic heterocycles. The summed E-state index contributed by atoms with van der Waals surface area (Å²) in [5.41, 5.74) is 0.638. The van der Waals surface area contributed by atoms with Gasteiger partial charge in [0, 0.05) is 30.6 Å². The molecule has 3 heterocycles. The molecular weight excluding hydrogens is 344 g/mol. The lowest BCUT2D eigenvalue weighted by Crippen LogP contribution is -2.29. The first kappa shape index (κ1) is 14.0. The molecule has 114 valence electrons. The molecule has 6 heteroatoms. The van der Waals surface area contributed by atoms with E-state index in [0.29, 0.717) is 23.3 Å². The van der Waals surface area contributed by atoms with Gasteiger partial charge in [-0.1, -0.05) is 0 Å². The van der Waals surface area contributed by atoms with Gasteiger partial charge in [-0.2, -0.15) is 5.26 Å². The fourth-order valence-electron chi connectivity index (χ4n) is 3.98. The first-order valence-electron chi connectivity index (χ1n) is 7.59. The Labute approximate surface area is 137 Å². The van der Waals surface area contributed by atoms with Crippen LogP contribution < -0.4 is 5.32 Å². The largest absolute Gasteiger partial charge is 0.444 e. The van der Waals surface area contributed by atoms with Crippen LogP contribution in [0.2, 0.25) is 0 Å². The molecule has 2 aliphatic rings. The topological polar surface area (TPSA) is 65.1 Å². The van der Waals surface area contributed by atoms with E-state index in [1.54, 1.807) is 12.3 Å². The molecule has 22 heavy (non-hydrogen) atoms.